The molecular weight excluding hydrogens is 194 g/mol. The molecule has 2 N–H and O–H groups in total. The molecule has 0 spiro atoms. The summed E-state index contributed by atoms with van der Waals surface area (Å²) in [5.41, 5.74) is 0. The molecule has 1 aliphatic rings. The van der Waals surface area contributed by atoms with Gasteiger partial charge in [0.1, 0.15) is 0 Å². The smallest absolute Gasteiger partial charge is 0.306 e. The van der Waals surface area contributed by atoms with E-state index in [0.29, 0.717) is 18.5 Å². The summed E-state index contributed by atoms with van der Waals surface area (Å²) in [4.78, 5) is 12.6. The number of rotatable bonds is 5. The second-order valence-corrected chi connectivity index (χ2v) is 4.70. The molecule has 2 atom stereocenters. The summed E-state index contributed by atoms with van der Waals surface area (Å²) in [6.45, 7) is 5.83. The number of aliphatic hydroxyl groups excluding tert-OH is 1. The first-order chi connectivity index (χ1) is 7.00. The van der Waals surface area contributed by atoms with Crippen molar-refractivity contribution in [2.24, 2.45) is 5.92 Å². The van der Waals surface area contributed by atoms with Gasteiger partial charge in [0.2, 0.25) is 0 Å². The maximum Gasteiger partial charge on any atom is 0.306 e. The standard InChI is InChI=1S/C11H21NO3/c1-8(2)10-4-3-5-12(10)7-9(13)6-11(14)15/h8-10,13H,3-7H2,1-2H3,(H,14,15). The van der Waals surface area contributed by atoms with Gasteiger partial charge >= 0.3 is 5.97 Å². The monoisotopic (exact) mass is 215 g/mol. The Labute approximate surface area is 90.9 Å². The van der Waals surface area contributed by atoms with Crippen LogP contribution in [-0.4, -0.2) is 46.3 Å². The van der Waals surface area contributed by atoms with Crippen LogP contribution in [-0.2, 0) is 4.79 Å². The van der Waals surface area contributed by atoms with Gasteiger partial charge in [-0.3, -0.25) is 9.69 Å². The zero-order valence-corrected chi connectivity index (χ0v) is 9.52. The molecule has 0 aliphatic carbocycles. The van der Waals surface area contributed by atoms with Crippen molar-refractivity contribution in [3.63, 3.8) is 0 Å². The second kappa shape index (κ2) is 5.47. The first-order valence-corrected chi connectivity index (χ1v) is 5.64. The molecule has 4 nitrogen and oxygen atoms in total. The molecule has 2 unspecified atom stereocenters. The third kappa shape index (κ3) is 3.80. The molecule has 1 aliphatic heterocycles. The minimum atomic E-state index is -0.928. The van der Waals surface area contributed by atoms with E-state index in [0.717, 1.165) is 19.4 Å². The highest BCUT2D eigenvalue weighted by Crippen LogP contribution is 2.23. The average molecular weight is 215 g/mol. The summed E-state index contributed by atoms with van der Waals surface area (Å²) in [6, 6.07) is 0.508. The van der Waals surface area contributed by atoms with E-state index in [1.54, 1.807) is 0 Å². The van der Waals surface area contributed by atoms with Gasteiger partial charge in [-0.2, -0.15) is 0 Å². The van der Waals surface area contributed by atoms with Crippen molar-refractivity contribution in [2.45, 2.75) is 45.3 Å². The Morgan fingerprint density at radius 1 is 1.53 bits per heavy atom. The lowest BCUT2D eigenvalue weighted by Gasteiger charge is -2.28. The van der Waals surface area contributed by atoms with Gasteiger partial charge in [0.25, 0.3) is 0 Å². The number of hydrogen-bond donors (Lipinski definition) is 2. The highest BCUT2D eigenvalue weighted by atomic mass is 16.4. The molecule has 0 aromatic heterocycles. The lowest BCUT2D eigenvalue weighted by molar-refractivity contribution is -0.139. The Balaban J connectivity index is 2.39. The van der Waals surface area contributed by atoms with Gasteiger partial charge in [-0.15, -0.1) is 0 Å². The molecular formula is C11H21NO3. The molecule has 88 valence electrons. The summed E-state index contributed by atoms with van der Waals surface area (Å²) in [5.74, 6) is -0.354. The molecule has 15 heavy (non-hydrogen) atoms. The zero-order valence-electron chi connectivity index (χ0n) is 9.52. The predicted molar refractivity (Wildman–Crippen MR) is 57.7 cm³/mol. The number of hydrogen-bond acceptors (Lipinski definition) is 3. The van der Waals surface area contributed by atoms with Gasteiger partial charge in [-0.05, 0) is 25.3 Å². The molecule has 0 radical (unpaired) electrons. The molecule has 0 aromatic rings. The highest BCUT2D eigenvalue weighted by Gasteiger charge is 2.28. The van der Waals surface area contributed by atoms with Crippen LogP contribution in [0.5, 0.6) is 0 Å². The number of carbonyl (C=O) groups is 1. The van der Waals surface area contributed by atoms with Crippen LogP contribution in [0.4, 0.5) is 0 Å². The summed E-state index contributed by atoms with van der Waals surface area (Å²) < 4.78 is 0. The fraction of sp³-hybridized carbons (Fsp3) is 0.909. The summed E-state index contributed by atoms with van der Waals surface area (Å²) >= 11 is 0. The third-order valence-electron chi connectivity index (χ3n) is 3.04. The van der Waals surface area contributed by atoms with Gasteiger partial charge in [0.15, 0.2) is 0 Å². The number of carboxylic acid groups (broad SMARTS) is 1. The van der Waals surface area contributed by atoms with E-state index < -0.39 is 12.1 Å². The first kappa shape index (κ1) is 12.5. The van der Waals surface area contributed by atoms with E-state index in [-0.39, 0.29) is 6.42 Å². The topological polar surface area (TPSA) is 60.8 Å². The van der Waals surface area contributed by atoms with Crippen LogP contribution in [0, 0.1) is 5.92 Å². The minimum absolute atomic E-state index is 0.151. The van der Waals surface area contributed by atoms with Gasteiger partial charge in [-0.25, -0.2) is 0 Å². The molecule has 1 saturated heterocycles. The van der Waals surface area contributed by atoms with E-state index in [1.807, 2.05) is 0 Å². The normalized spacial score (nSPS) is 24.7. The summed E-state index contributed by atoms with van der Waals surface area (Å²) in [7, 11) is 0. The van der Waals surface area contributed by atoms with E-state index in [2.05, 4.69) is 18.7 Å². The van der Waals surface area contributed by atoms with Crippen LogP contribution in [0.25, 0.3) is 0 Å². The number of nitrogens with zero attached hydrogens (tertiary/aromatic N) is 1. The van der Waals surface area contributed by atoms with Crippen molar-refractivity contribution < 1.29 is 15.0 Å². The Kier molecular flexibility index (Phi) is 4.54. The lowest BCUT2D eigenvalue weighted by Crippen LogP contribution is -2.39. The first-order valence-electron chi connectivity index (χ1n) is 5.64. The van der Waals surface area contributed by atoms with Crippen LogP contribution in [0.3, 0.4) is 0 Å². The Bertz CT molecular complexity index is 218. The number of likely N-dealkylation sites (tertiary alicyclic amines) is 1. The Morgan fingerprint density at radius 2 is 2.20 bits per heavy atom. The van der Waals surface area contributed by atoms with E-state index >= 15 is 0 Å². The van der Waals surface area contributed by atoms with Crippen molar-refractivity contribution in [2.75, 3.05) is 13.1 Å². The average Bonchev–Trinajstić information content (AvgIpc) is 2.50. The van der Waals surface area contributed by atoms with Crippen molar-refractivity contribution >= 4 is 5.97 Å². The molecule has 1 rings (SSSR count). The van der Waals surface area contributed by atoms with Crippen molar-refractivity contribution in [1.82, 2.24) is 4.90 Å². The maximum absolute atomic E-state index is 10.4. The lowest BCUT2D eigenvalue weighted by atomic mass is 10.0. The highest BCUT2D eigenvalue weighted by molar-refractivity contribution is 5.67. The van der Waals surface area contributed by atoms with Crippen molar-refractivity contribution in [3.05, 3.63) is 0 Å². The zero-order chi connectivity index (χ0) is 11.4. The van der Waals surface area contributed by atoms with E-state index in [1.165, 1.54) is 0 Å². The van der Waals surface area contributed by atoms with Crippen molar-refractivity contribution in [3.8, 4) is 0 Å². The summed E-state index contributed by atoms with van der Waals surface area (Å²) in [6.07, 6.45) is 1.43. The quantitative estimate of drug-likeness (QED) is 0.716. The SMILES string of the molecule is CC(C)C1CCCN1CC(O)CC(=O)O. The van der Waals surface area contributed by atoms with Gasteiger partial charge < -0.3 is 10.2 Å². The van der Waals surface area contributed by atoms with Crippen LogP contribution < -0.4 is 0 Å². The maximum atomic E-state index is 10.4. The second-order valence-electron chi connectivity index (χ2n) is 4.70. The molecule has 1 fully saturated rings. The number of aliphatic carboxylic acids is 1. The third-order valence-corrected chi connectivity index (χ3v) is 3.04. The molecule has 4 heteroatoms. The van der Waals surface area contributed by atoms with Crippen LogP contribution in [0.2, 0.25) is 0 Å². The minimum Gasteiger partial charge on any atom is -0.481 e. The van der Waals surface area contributed by atoms with Gasteiger partial charge in [-0.1, -0.05) is 13.8 Å². The Morgan fingerprint density at radius 3 is 2.73 bits per heavy atom. The fourth-order valence-corrected chi connectivity index (χ4v) is 2.37. The van der Waals surface area contributed by atoms with Crippen LogP contribution in [0.15, 0.2) is 0 Å². The molecule has 0 aromatic carbocycles. The van der Waals surface area contributed by atoms with E-state index in [9.17, 15) is 9.90 Å². The predicted octanol–water partition coefficient (Wildman–Crippen LogP) is 0.942. The number of β-amino-alcohol motifs (C(OH)–C–C–N with tert-alkyl or cyclic N) is 1. The largest absolute Gasteiger partial charge is 0.481 e. The fourth-order valence-electron chi connectivity index (χ4n) is 2.37. The molecule has 1 heterocycles. The van der Waals surface area contributed by atoms with Gasteiger partial charge in [0, 0.05) is 12.6 Å². The Hall–Kier alpha value is -0.610. The summed E-state index contributed by atoms with van der Waals surface area (Å²) in [5, 5.41) is 18.1. The van der Waals surface area contributed by atoms with E-state index in [4.69, 9.17) is 5.11 Å². The van der Waals surface area contributed by atoms with Crippen LogP contribution in [0.1, 0.15) is 33.1 Å². The van der Waals surface area contributed by atoms with Gasteiger partial charge in [0.05, 0.1) is 12.5 Å². The molecule has 0 saturated carbocycles. The molecule has 0 bridgehead atoms. The number of carboxylic acids is 1. The number of aliphatic hydroxyl groups is 1. The van der Waals surface area contributed by atoms with Crippen molar-refractivity contribution in [1.29, 1.82) is 0 Å². The van der Waals surface area contributed by atoms with Crippen LogP contribution >= 0.6 is 0 Å². The molecule has 0 amide bonds.